The number of aryl methyl sites for hydroxylation is 1. The van der Waals surface area contributed by atoms with Gasteiger partial charge in [0, 0.05) is 27.3 Å². The zero-order valence-corrected chi connectivity index (χ0v) is 12.6. The van der Waals surface area contributed by atoms with E-state index in [0.717, 1.165) is 18.8 Å². The van der Waals surface area contributed by atoms with Crippen LogP contribution in [0.2, 0.25) is 0 Å². The van der Waals surface area contributed by atoms with E-state index in [1.54, 1.807) is 27.2 Å². The number of methoxy groups -OCH3 is 3. The molecule has 114 valence electrons. The van der Waals surface area contributed by atoms with Crippen LogP contribution >= 0.6 is 0 Å². The molecule has 1 aromatic rings. The monoisotopic (exact) mass is 285 g/mol. The summed E-state index contributed by atoms with van der Waals surface area (Å²) in [6, 6.07) is 1.73. The van der Waals surface area contributed by atoms with E-state index in [4.69, 9.17) is 18.6 Å². The molecular formula is C14H23NO5. The van der Waals surface area contributed by atoms with Crippen LogP contribution in [0.15, 0.2) is 10.5 Å². The number of hydrogen-bond donors (Lipinski definition) is 0. The molecule has 0 atom stereocenters. The van der Waals surface area contributed by atoms with Crippen molar-refractivity contribution in [2.75, 3.05) is 47.6 Å². The molecule has 0 fully saturated rings. The van der Waals surface area contributed by atoms with E-state index < -0.39 is 0 Å². The van der Waals surface area contributed by atoms with Gasteiger partial charge in [-0.25, -0.2) is 4.79 Å². The highest BCUT2D eigenvalue weighted by Crippen LogP contribution is 2.17. The second-order valence-electron chi connectivity index (χ2n) is 4.44. The van der Waals surface area contributed by atoms with Crippen LogP contribution in [0.1, 0.15) is 21.9 Å². The molecule has 0 aliphatic heterocycles. The van der Waals surface area contributed by atoms with E-state index in [1.807, 2.05) is 0 Å². The lowest BCUT2D eigenvalue weighted by Gasteiger charge is -2.20. The lowest BCUT2D eigenvalue weighted by atomic mass is 10.2. The Morgan fingerprint density at radius 2 is 1.80 bits per heavy atom. The van der Waals surface area contributed by atoms with Crippen molar-refractivity contribution in [3.63, 3.8) is 0 Å². The van der Waals surface area contributed by atoms with Gasteiger partial charge in [0.25, 0.3) is 0 Å². The first-order valence-electron chi connectivity index (χ1n) is 6.50. The molecule has 0 aromatic carbocycles. The first kappa shape index (κ1) is 16.7. The highest BCUT2D eigenvalue weighted by molar-refractivity contribution is 5.90. The van der Waals surface area contributed by atoms with Gasteiger partial charge in [-0.2, -0.15) is 0 Å². The number of carbonyl (C=O) groups is 1. The Kier molecular flexibility index (Phi) is 7.28. The minimum Gasteiger partial charge on any atom is -0.465 e. The molecule has 1 rings (SSSR count). The van der Waals surface area contributed by atoms with E-state index in [0.29, 0.717) is 31.1 Å². The molecule has 20 heavy (non-hydrogen) atoms. The van der Waals surface area contributed by atoms with Gasteiger partial charge < -0.3 is 18.6 Å². The van der Waals surface area contributed by atoms with Gasteiger partial charge in [0.15, 0.2) is 0 Å². The molecule has 0 bridgehead atoms. The van der Waals surface area contributed by atoms with E-state index in [1.165, 1.54) is 7.11 Å². The molecule has 1 heterocycles. The summed E-state index contributed by atoms with van der Waals surface area (Å²) in [7, 11) is 4.69. The van der Waals surface area contributed by atoms with Crippen molar-refractivity contribution in [1.29, 1.82) is 0 Å². The summed E-state index contributed by atoms with van der Waals surface area (Å²) in [5.41, 5.74) is 0.473. The fourth-order valence-corrected chi connectivity index (χ4v) is 1.87. The third-order valence-electron chi connectivity index (χ3n) is 2.98. The maximum Gasteiger partial charge on any atom is 0.341 e. The SMILES string of the molecule is COCCN(CCOC)Cc1cc(C(=O)OC)c(C)o1. The molecular weight excluding hydrogens is 262 g/mol. The van der Waals surface area contributed by atoms with Crippen molar-refractivity contribution in [2.45, 2.75) is 13.5 Å². The Hall–Kier alpha value is -1.37. The molecule has 0 aliphatic rings. The van der Waals surface area contributed by atoms with Gasteiger partial charge in [-0.05, 0) is 13.0 Å². The Bertz CT molecular complexity index is 408. The van der Waals surface area contributed by atoms with Crippen LogP contribution in [0, 0.1) is 6.92 Å². The van der Waals surface area contributed by atoms with Gasteiger partial charge in [0.05, 0.1) is 26.9 Å². The van der Waals surface area contributed by atoms with Crippen LogP contribution in [0.4, 0.5) is 0 Å². The van der Waals surface area contributed by atoms with Crippen molar-refractivity contribution in [3.05, 3.63) is 23.2 Å². The maximum atomic E-state index is 11.5. The molecule has 0 aliphatic carbocycles. The van der Waals surface area contributed by atoms with Crippen LogP contribution in [0.3, 0.4) is 0 Å². The predicted octanol–water partition coefficient (Wildman–Crippen LogP) is 1.47. The first-order valence-corrected chi connectivity index (χ1v) is 6.50. The molecule has 0 unspecified atom stereocenters. The number of rotatable bonds is 9. The zero-order chi connectivity index (χ0) is 15.0. The molecule has 0 saturated heterocycles. The number of hydrogen-bond acceptors (Lipinski definition) is 6. The summed E-state index contributed by atoms with van der Waals surface area (Å²) in [6.07, 6.45) is 0. The number of carbonyl (C=O) groups excluding carboxylic acids is 1. The van der Waals surface area contributed by atoms with Crippen LogP contribution in [-0.4, -0.2) is 58.5 Å². The lowest BCUT2D eigenvalue weighted by Crippen LogP contribution is -2.30. The van der Waals surface area contributed by atoms with Gasteiger partial charge in [0.1, 0.15) is 17.1 Å². The molecule has 1 aromatic heterocycles. The normalized spacial score (nSPS) is 11.1. The quantitative estimate of drug-likeness (QED) is 0.640. The van der Waals surface area contributed by atoms with Crippen LogP contribution in [0.5, 0.6) is 0 Å². The molecule has 6 heteroatoms. The molecule has 6 nitrogen and oxygen atoms in total. The van der Waals surface area contributed by atoms with Crippen LogP contribution in [-0.2, 0) is 20.8 Å². The fourth-order valence-electron chi connectivity index (χ4n) is 1.87. The smallest absolute Gasteiger partial charge is 0.341 e. The van der Waals surface area contributed by atoms with Crippen molar-refractivity contribution in [3.8, 4) is 0 Å². The summed E-state index contributed by atoms with van der Waals surface area (Å²) in [4.78, 5) is 13.7. The Morgan fingerprint density at radius 1 is 1.20 bits per heavy atom. The Balaban J connectivity index is 2.69. The topological polar surface area (TPSA) is 61.1 Å². The van der Waals surface area contributed by atoms with Crippen LogP contribution in [0.25, 0.3) is 0 Å². The molecule has 0 radical (unpaired) electrons. The fraction of sp³-hybridized carbons (Fsp3) is 0.643. The number of esters is 1. The van der Waals surface area contributed by atoms with E-state index >= 15 is 0 Å². The zero-order valence-electron chi connectivity index (χ0n) is 12.6. The predicted molar refractivity (Wildman–Crippen MR) is 73.8 cm³/mol. The van der Waals surface area contributed by atoms with E-state index in [-0.39, 0.29) is 5.97 Å². The third kappa shape index (κ3) is 4.96. The summed E-state index contributed by atoms with van der Waals surface area (Å²) >= 11 is 0. The Morgan fingerprint density at radius 3 is 2.30 bits per heavy atom. The van der Waals surface area contributed by atoms with Gasteiger partial charge in [-0.1, -0.05) is 0 Å². The van der Waals surface area contributed by atoms with Crippen molar-refractivity contribution in [2.24, 2.45) is 0 Å². The summed E-state index contributed by atoms with van der Waals surface area (Å²) < 4.78 is 20.5. The minimum atomic E-state index is -0.377. The van der Waals surface area contributed by atoms with Gasteiger partial charge >= 0.3 is 5.97 Å². The number of furan rings is 1. The standard InChI is InChI=1S/C14H23NO5/c1-11-13(14(16)19-4)9-12(20-11)10-15(5-7-17-2)6-8-18-3/h9H,5-8,10H2,1-4H3. The molecule has 0 N–H and O–H groups in total. The van der Waals surface area contributed by atoms with E-state index in [9.17, 15) is 4.79 Å². The largest absolute Gasteiger partial charge is 0.465 e. The average Bonchev–Trinajstić information content (AvgIpc) is 2.81. The summed E-state index contributed by atoms with van der Waals surface area (Å²) in [6.45, 7) is 5.16. The van der Waals surface area contributed by atoms with Crippen molar-refractivity contribution < 1.29 is 23.4 Å². The number of nitrogens with zero attached hydrogens (tertiary/aromatic N) is 1. The van der Waals surface area contributed by atoms with Gasteiger partial charge in [-0.15, -0.1) is 0 Å². The third-order valence-corrected chi connectivity index (χ3v) is 2.98. The van der Waals surface area contributed by atoms with Gasteiger partial charge in [-0.3, -0.25) is 4.90 Å². The lowest BCUT2D eigenvalue weighted by molar-refractivity contribution is 0.0599. The van der Waals surface area contributed by atoms with Gasteiger partial charge in [0.2, 0.25) is 0 Å². The highest BCUT2D eigenvalue weighted by Gasteiger charge is 2.17. The highest BCUT2D eigenvalue weighted by atomic mass is 16.5. The second kappa shape index (κ2) is 8.73. The molecule has 0 amide bonds. The average molecular weight is 285 g/mol. The molecule has 0 saturated carbocycles. The van der Waals surface area contributed by atoms with E-state index in [2.05, 4.69) is 4.90 Å². The van der Waals surface area contributed by atoms with Crippen molar-refractivity contribution >= 4 is 5.97 Å². The number of ether oxygens (including phenoxy) is 3. The summed E-state index contributed by atoms with van der Waals surface area (Å²) in [5, 5.41) is 0. The van der Waals surface area contributed by atoms with Crippen molar-refractivity contribution in [1.82, 2.24) is 4.90 Å². The summed E-state index contributed by atoms with van der Waals surface area (Å²) in [5.74, 6) is 0.929. The first-order chi connectivity index (χ1) is 9.62. The van der Waals surface area contributed by atoms with Crippen LogP contribution < -0.4 is 0 Å². The molecule has 0 spiro atoms. The second-order valence-corrected chi connectivity index (χ2v) is 4.44. The minimum absolute atomic E-state index is 0.377. The maximum absolute atomic E-state index is 11.5. The Labute approximate surface area is 119 Å².